The third kappa shape index (κ3) is 2.01. The third-order valence-electron chi connectivity index (χ3n) is 3.37. The summed E-state index contributed by atoms with van der Waals surface area (Å²) in [6.07, 6.45) is 3.50. The van der Waals surface area contributed by atoms with E-state index in [1.807, 2.05) is 11.3 Å². The topological polar surface area (TPSA) is 34.1 Å². The predicted molar refractivity (Wildman–Crippen MR) is 66.8 cm³/mol. The van der Waals surface area contributed by atoms with Crippen LogP contribution in [0.5, 0.6) is 0 Å². The molecular formula is C12H20N2OS. The van der Waals surface area contributed by atoms with Gasteiger partial charge in [0.1, 0.15) is 10.6 Å². The number of nitrogens with one attached hydrogen (secondary N) is 1. The van der Waals surface area contributed by atoms with Gasteiger partial charge in [-0.25, -0.2) is 4.98 Å². The predicted octanol–water partition coefficient (Wildman–Crippen LogP) is 2.59. The fraction of sp³-hybridized carbons (Fsp3) is 0.750. The van der Waals surface area contributed by atoms with Gasteiger partial charge in [0.25, 0.3) is 0 Å². The maximum absolute atomic E-state index is 5.66. The second kappa shape index (κ2) is 4.82. The largest absolute Gasteiger partial charge is 0.371 e. The zero-order chi connectivity index (χ0) is 11.6. The summed E-state index contributed by atoms with van der Waals surface area (Å²) in [6, 6.07) is 0. The second-order valence-corrected chi connectivity index (χ2v) is 5.44. The average Bonchev–Trinajstić information content (AvgIpc) is 2.57. The Morgan fingerprint density at radius 3 is 2.75 bits per heavy atom. The normalized spacial score (nSPS) is 18.4. The van der Waals surface area contributed by atoms with Crippen molar-refractivity contribution < 1.29 is 4.74 Å². The van der Waals surface area contributed by atoms with Crippen LogP contribution in [0, 0.1) is 6.92 Å². The van der Waals surface area contributed by atoms with E-state index in [-0.39, 0.29) is 5.60 Å². The van der Waals surface area contributed by atoms with Crippen molar-refractivity contribution in [3.05, 3.63) is 15.6 Å². The molecule has 16 heavy (non-hydrogen) atoms. The van der Waals surface area contributed by atoms with Gasteiger partial charge in [-0.2, -0.15) is 0 Å². The first-order chi connectivity index (χ1) is 7.72. The van der Waals surface area contributed by atoms with Gasteiger partial charge in [0.05, 0.1) is 5.69 Å². The minimum Gasteiger partial charge on any atom is -0.371 e. The van der Waals surface area contributed by atoms with E-state index >= 15 is 0 Å². The lowest BCUT2D eigenvalue weighted by atomic mass is 9.80. The Balaban J connectivity index is 2.16. The first-order valence-corrected chi connectivity index (χ1v) is 6.76. The van der Waals surface area contributed by atoms with E-state index < -0.39 is 0 Å². The summed E-state index contributed by atoms with van der Waals surface area (Å²) in [5.74, 6) is 0. The van der Waals surface area contributed by atoms with Crippen LogP contribution in [0.15, 0.2) is 0 Å². The number of nitrogens with zero attached hydrogens (tertiary/aromatic N) is 1. The maximum Gasteiger partial charge on any atom is 0.125 e. The molecule has 0 spiro atoms. The molecule has 1 heterocycles. The molecule has 1 N–H and O–H groups in total. The molecule has 0 amide bonds. The molecule has 0 saturated heterocycles. The number of rotatable bonds is 5. The number of hydrogen-bond donors (Lipinski definition) is 1. The molecule has 1 aromatic rings. The quantitative estimate of drug-likeness (QED) is 0.859. The molecule has 1 aromatic heterocycles. The van der Waals surface area contributed by atoms with Crippen LogP contribution < -0.4 is 5.32 Å². The van der Waals surface area contributed by atoms with Gasteiger partial charge >= 0.3 is 0 Å². The fourth-order valence-corrected chi connectivity index (χ4v) is 3.29. The van der Waals surface area contributed by atoms with Crippen molar-refractivity contribution in [1.29, 1.82) is 0 Å². The van der Waals surface area contributed by atoms with E-state index in [0.717, 1.165) is 31.6 Å². The second-order valence-electron chi connectivity index (χ2n) is 4.36. The number of aromatic nitrogens is 1. The Hall–Kier alpha value is -0.450. The summed E-state index contributed by atoms with van der Waals surface area (Å²) >= 11 is 1.81. The van der Waals surface area contributed by atoms with Crippen molar-refractivity contribution in [3.63, 3.8) is 0 Å². The van der Waals surface area contributed by atoms with Crippen LogP contribution >= 0.6 is 11.3 Å². The Kier molecular flexibility index (Phi) is 3.62. The molecular weight excluding hydrogens is 220 g/mol. The molecule has 4 heteroatoms. The highest BCUT2D eigenvalue weighted by Crippen LogP contribution is 2.46. The van der Waals surface area contributed by atoms with Gasteiger partial charge < -0.3 is 10.1 Å². The number of hydrogen-bond acceptors (Lipinski definition) is 4. The number of ether oxygens (including phenoxy) is 1. The van der Waals surface area contributed by atoms with Gasteiger partial charge in [-0.3, -0.25) is 0 Å². The smallest absolute Gasteiger partial charge is 0.125 e. The standard InChI is InChI=1S/C12H20N2OS/c1-4-13-8-10-9(2)14-11(16-10)12(15-3)6-5-7-12/h13H,4-8H2,1-3H3. The molecule has 0 radical (unpaired) electrons. The van der Waals surface area contributed by atoms with Gasteiger partial charge in [0.2, 0.25) is 0 Å². The summed E-state index contributed by atoms with van der Waals surface area (Å²) in [4.78, 5) is 6.03. The highest BCUT2D eigenvalue weighted by atomic mass is 32.1. The molecule has 3 nitrogen and oxygen atoms in total. The Labute approximate surface area is 101 Å². The molecule has 0 bridgehead atoms. The van der Waals surface area contributed by atoms with E-state index in [2.05, 4.69) is 24.1 Å². The van der Waals surface area contributed by atoms with Crippen LogP contribution in [0.1, 0.15) is 41.8 Å². The van der Waals surface area contributed by atoms with Gasteiger partial charge in [0.15, 0.2) is 0 Å². The van der Waals surface area contributed by atoms with Gasteiger partial charge in [-0.1, -0.05) is 6.92 Å². The first-order valence-electron chi connectivity index (χ1n) is 5.94. The molecule has 2 rings (SSSR count). The molecule has 90 valence electrons. The fourth-order valence-electron chi connectivity index (χ4n) is 2.03. The minimum absolute atomic E-state index is 0.0557. The highest BCUT2D eigenvalue weighted by molar-refractivity contribution is 7.11. The van der Waals surface area contributed by atoms with Crippen molar-refractivity contribution in [2.45, 2.75) is 45.3 Å². The number of thiazole rings is 1. The highest BCUT2D eigenvalue weighted by Gasteiger charge is 2.41. The third-order valence-corrected chi connectivity index (χ3v) is 4.71. The van der Waals surface area contributed by atoms with E-state index in [4.69, 9.17) is 4.74 Å². The van der Waals surface area contributed by atoms with Crippen LogP contribution in [-0.4, -0.2) is 18.6 Å². The lowest BCUT2D eigenvalue weighted by Crippen LogP contribution is -2.35. The first kappa shape index (κ1) is 12.0. The summed E-state index contributed by atoms with van der Waals surface area (Å²) in [6.45, 7) is 6.15. The van der Waals surface area contributed by atoms with Crippen LogP contribution in [0.3, 0.4) is 0 Å². The Bertz CT molecular complexity index is 352. The molecule has 0 unspecified atom stereocenters. The zero-order valence-electron chi connectivity index (χ0n) is 10.3. The molecule has 1 saturated carbocycles. The summed E-state index contributed by atoms with van der Waals surface area (Å²) in [7, 11) is 1.81. The van der Waals surface area contributed by atoms with Gasteiger partial charge in [-0.15, -0.1) is 11.3 Å². The van der Waals surface area contributed by atoms with Gasteiger partial charge in [-0.05, 0) is 32.7 Å². The molecule has 1 fully saturated rings. The van der Waals surface area contributed by atoms with Crippen molar-refractivity contribution in [2.24, 2.45) is 0 Å². The van der Waals surface area contributed by atoms with E-state index in [1.54, 1.807) is 7.11 Å². The number of methoxy groups -OCH3 is 1. The van der Waals surface area contributed by atoms with Crippen LogP contribution in [0.4, 0.5) is 0 Å². The SMILES string of the molecule is CCNCc1sc(C2(OC)CCC2)nc1C. The Morgan fingerprint density at radius 1 is 1.50 bits per heavy atom. The van der Waals surface area contributed by atoms with Crippen LogP contribution in [0.2, 0.25) is 0 Å². The maximum atomic E-state index is 5.66. The molecule has 0 aliphatic heterocycles. The van der Waals surface area contributed by atoms with E-state index in [0.29, 0.717) is 0 Å². The molecule has 0 atom stereocenters. The van der Waals surface area contributed by atoms with E-state index in [1.165, 1.54) is 16.3 Å². The zero-order valence-corrected chi connectivity index (χ0v) is 11.1. The molecule has 1 aliphatic rings. The Morgan fingerprint density at radius 2 is 2.25 bits per heavy atom. The van der Waals surface area contributed by atoms with E-state index in [9.17, 15) is 0 Å². The van der Waals surface area contributed by atoms with Crippen molar-refractivity contribution >= 4 is 11.3 Å². The molecule has 1 aliphatic carbocycles. The van der Waals surface area contributed by atoms with Crippen molar-refractivity contribution in [3.8, 4) is 0 Å². The summed E-state index contributed by atoms with van der Waals surface area (Å²) < 4.78 is 5.66. The lowest BCUT2D eigenvalue weighted by Gasteiger charge is -2.38. The summed E-state index contributed by atoms with van der Waals surface area (Å²) in [5, 5.41) is 4.53. The summed E-state index contributed by atoms with van der Waals surface area (Å²) in [5.41, 5.74) is 1.10. The average molecular weight is 240 g/mol. The molecule has 0 aromatic carbocycles. The van der Waals surface area contributed by atoms with Crippen LogP contribution in [0.25, 0.3) is 0 Å². The minimum atomic E-state index is -0.0557. The number of aryl methyl sites for hydroxylation is 1. The van der Waals surface area contributed by atoms with Crippen molar-refractivity contribution in [2.75, 3.05) is 13.7 Å². The van der Waals surface area contributed by atoms with Gasteiger partial charge in [0, 0.05) is 18.5 Å². The lowest BCUT2D eigenvalue weighted by molar-refractivity contribution is -0.0780. The van der Waals surface area contributed by atoms with Crippen molar-refractivity contribution in [1.82, 2.24) is 10.3 Å². The van der Waals surface area contributed by atoms with Crippen LogP contribution in [-0.2, 0) is 16.9 Å². The monoisotopic (exact) mass is 240 g/mol.